The van der Waals surface area contributed by atoms with Gasteiger partial charge < -0.3 is 9.84 Å². The fourth-order valence-electron chi connectivity index (χ4n) is 3.25. The minimum atomic E-state index is -0.285. The number of piperidine rings is 1. The lowest BCUT2D eigenvalue weighted by atomic mass is 9.93. The molecule has 1 amide bonds. The molecule has 0 aliphatic carbocycles. The number of carbonyl (C=O) groups is 1. The van der Waals surface area contributed by atoms with E-state index in [-0.39, 0.29) is 18.3 Å². The summed E-state index contributed by atoms with van der Waals surface area (Å²) < 4.78 is 18.3. The molecular formula is C18H23FN4O2. The molecule has 0 spiro atoms. The zero-order valence-corrected chi connectivity index (χ0v) is 14.2. The first kappa shape index (κ1) is 17.5. The predicted octanol–water partition coefficient (Wildman–Crippen LogP) is 2.52. The summed E-state index contributed by atoms with van der Waals surface area (Å²) in [6.45, 7) is 2.88. The van der Waals surface area contributed by atoms with Gasteiger partial charge in [-0.05, 0) is 37.8 Å². The number of hydrogen-bond donors (Lipinski definition) is 1. The second-order valence-electron chi connectivity index (χ2n) is 6.50. The number of likely N-dealkylation sites (tertiary alicyclic amines) is 1. The molecular weight excluding hydrogens is 323 g/mol. The molecule has 0 bridgehead atoms. The number of rotatable bonds is 7. The highest BCUT2D eigenvalue weighted by Crippen LogP contribution is 2.22. The fourth-order valence-corrected chi connectivity index (χ4v) is 3.25. The van der Waals surface area contributed by atoms with Crippen molar-refractivity contribution in [2.24, 2.45) is 5.92 Å². The van der Waals surface area contributed by atoms with Crippen LogP contribution in [0.25, 0.3) is 0 Å². The van der Waals surface area contributed by atoms with Crippen LogP contribution in [0, 0.1) is 11.7 Å². The molecule has 7 heteroatoms. The van der Waals surface area contributed by atoms with Crippen molar-refractivity contribution in [1.82, 2.24) is 20.4 Å². The predicted molar refractivity (Wildman–Crippen MR) is 89.8 cm³/mol. The number of nitrogens with zero attached hydrogens (tertiary/aromatic N) is 3. The van der Waals surface area contributed by atoms with Crippen molar-refractivity contribution in [3.8, 4) is 0 Å². The number of amides is 1. The summed E-state index contributed by atoms with van der Waals surface area (Å²) in [7, 11) is 0. The lowest BCUT2D eigenvalue weighted by Gasteiger charge is -2.31. The Morgan fingerprint density at radius 2 is 2.28 bits per heavy atom. The van der Waals surface area contributed by atoms with E-state index in [0.717, 1.165) is 32.4 Å². The standard InChI is InChI=1S/C18H23FN4O2/c19-16-6-2-1-5-15(16)10-20-18(24)8-7-14-4-3-9-23(11-14)12-17-21-13-25-22-17/h1-2,5-6,13-14H,3-4,7-12H2,(H,20,24). The molecule has 1 atom stereocenters. The second kappa shape index (κ2) is 8.71. The lowest BCUT2D eigenvalue weighted by molar-refractivity contribution is -0.121. The zero-order valence-electron chi connectivity index (χ0n) is 14.2. The summed E-state index contributed by atoms with van der Waals surface area (Å²) in [5.74, 6) is 0.869. The summed E-state index contributed by atoms with van der Waals surface area (Å²) in [6.07, 6.45) is 4.89. The summed E-state index contributed by atoms with van der Waals surface area (Å²) in [5.41, 5.74) is 0.514. The van der Waals surface area contributed by atoms with Crippen LogP contribution in [0.2, 0.25) is 0 Å². The van der Waals surface area contributed by atoms with Gasteiger partial charge in [-0.15, -0.1) is 0 Å². The Kier molecular flexibility index (Phi) is 6.11. The van der Waals surface area contributed by atoms with Gasteiger partial charge in [-0.3, -0.25) is 9.69 Å². The minimum Gasteiger partial charge on any atom is -0.352 e. The molecule has 25 heavy (non-hydrogen) atoms. The molecule has 1 saturated heterocycles. The normalized spacial score (nSPS) is 18.2. The number of hydrogen-bond acceptors (Lipinski definition) is 5. The van der Waals surface area contributed by atoms with Crippen LogP contribution in [-0.4, -0.2) is 34.0 Å². The average molecular weight is 346 g/mol. The van der Waals surface area contributed by atoms with E-state index in [1.54, 1.807) is 18.2 Å². The number of halogens is 1. The summed E-state index contributed by atoms with van der Waals surface area (Å²) in [5, 5.41) is 6.65. The fraction of sp³-hybridized carbons (Fsp3) is 0.500. The van der Waals surface area contributed by atoms with E-state index in [1.807, 2.05) is 0 Å². The quantitative estimate of drug-likeness (QED) is 0.834. The van der Waals surface area contributed by atoms with Crippen LogP contribution in [-0.2, 0) is 17.9 Å². The molecule has 1 fully saturated rings. The Morgan fingerprint density at radius 3 is 3.08 bits per heavy atom. The SMILES string of the molecule is O=C(CCC1CCCN(Cc2ncon2)C1)NCc1ccccc1F. The highest BCUT2D eigenvalue weighted by molar-refractivity contribution is 5.75. The third-order valence-electron chi connectivity index (χ3n) is 4.59. The summed E-state index contributed by atoms with van der Waals surface area (Å²) >= 11 is 0. The topological polar surface area (TPSA) is 71.3 Å². The van der Waals surface area contributed by atoms with E-state index in [9.17, 15) is 9.18 Å². The van der Waals surface area contributed by atoms with E-state index < -0.39 is 0 Å². The van der Waals surface area contributed by atoms with Crippen molar-refractivity contribution in [3.63, 3.8) is 0 Å². The van der Waals surface area contributed by atoms with Crippen molar-refractivity contribution < 1.29 is 13.7 Å². The number of carbonyl (C=O) groups excluding carboxylic acids is 1. The van der Waals surface area contributed by atoms with Gasteiger partial charge in [0, 0.05) is 25.1 Å². The van der Waals surface area contributed by atoms with Gasteiger partial charge in [0.2, 0.25) is 12.3 Å². The number of nitrogens with one attached hydrogen (secondary N) is 1. The zero-order chi connectivity index (χ0) is 17.5. The van der Waals surface area contributed by atoms with Gasteiger partial charge in [-0.2, -0.15) is 4.98 Å². The molecule has 1 aliphatic heterocycles. The maximum atomic E-state index is 13.5. The van der Waals surface area contributed by atoms with Crippen LogP contribution in [0.5, 0.6) is 0 Å². The first-order valence-corrected chi connectivity index (χ1v) is 8.68. The van der Waals surface area contributed by atoms with Gasteiger partial charge >= 0.3 is 0 Å². The maximum Gasteiger partial charge on any atom is 0.220 e. The van der Waals surface area contributed by atoms with E-state index >= 15 is 0 Å². The van der Waals surface area contributed by atoms with E-state index in [1.165, 1.54) is 12.5 Å². The van der Waals surface area contributed by atoms with Gasteiger partial charge in [0.1, 0.15) is 5.82 Å². The maximum absolute atomic E-state index is 13.5. The molecule has 1 aromatic carbocycles. The first-order valence-electron chi connectivity index (χ1n) is 8.68. The Hall–Kier alpha value is -2.28. The van der Waals surface area contributed by atoms with E-state index in [4.69, 9.17) is 4.52 Å². The molecule has 3 rings (SSSR count). The molecule has 0 saturated carbocycles. The van der Waals surface area contributed by atoms with Crippen LogP contribution in [0.15, 0.2) is 35.2 Å². The molecule has 1 N–H and O–H groups in total. The smallest absolute Gasteiger partial charge is 0.220 e. The van der Waals surface area contributed by atoms with E-state index in [2.05, 4.69) is 20.4 Å². The summed E-state index contributed by atoms with van der Waals surface area (Å²) in [4.78, 5) is 18.4. The van der Waals surface area contributed by atoms with Crippen molar-refractivity contribution in [2.75, 3.05) is 13.1 Å². The molecule has 1 aromatic heterocycles. The van der Waals surface area contributed by atoms with E-state index in [0.29, 0.717) is 30.3 Å². The van der Waals surface area contributed by atoms with Gasteiger partial charge in [0.15, 0.2) is 5.82 Å². The second-order valence-corrected chi connectivity index (χ2v) is 6.50. The first-order chi connectivity index (χ1) is 12.2. The highest BCUT2D eigenvalue weighted by atomic mass is 19.1. The lowest BCUT2D eigenvalue weighted by Crippen LogP contribution is -2.35. The van der Waals surface area contributed by atoms with Gasteiger partial charge in [-0.1, -0.05) is 23.4 Å². The van der Waals surface area contributed by atoms with Crippen LogP contribution < -0.4 is 5.32 Å². The molecule has 134 valence electrons. The van der Waals surface area contributed by atoms with Crippen LogP contribution in [0.4, 0.5) is 4.39 Å². The van der Waals surface area contributed by atoms with Crippen LogP contribution >= 0.6 is 0 Å². The minimum absolute atomic E-state index is 0.0291. The van der Waals surface area contributed by atoms with Crippen LogP contribution in [0.1, 0.15) is 37.1 Å². The molecule has 1 aliphatic rings. The van der Waals surface area contributed by atoms with Crippen molar-refractivity contribution in [1.29, 1.82) is 0 Å². The monoisotopic (exact) mass is 346 g/mol. The Balaban J connectivity index is 1.38. The van der Waals surface area contributed by atoms with Crippen molar-refractivity contribution in [3.05, 3.63) is 47.9 Å². The summed E-state index contributed by atoms with van der Waals surface area (Å²) in [6, 6.07) is 6.50. The molecule has 0 radical (unpaired) electrons. The number of benzene rings is 1. The largest absolute Gasteiger partial charge is 0.352 e. The Morgan fingerprint density at radius 1 is 1.40 bits per heavy atom. The van der Waals surface area contributed by atoms with Gasteiger partial charge in [0.05, 0.1) is 6.54 Å². The number of aromatic nitrogens is 2. The molecule has 1 unspecified atom stereocenters. The third-order valence-corrected chi connectivity index (χ3v) is 4.59. The third kappa shape index (κ3) is 5.35. The van der Waals surface area contributed by atoms with Crippen molar-refractivity contribution in [2.45, 2.75) is 38.8 Å². The van der Waals surface area contributed by atoms with Gasteiger partial charge in [-0.25, -0.2) is 4.39 Å². The Bertz CT molecular complexity index is 677. The Labute approximate surface area is 146 Å². The molecule has 6 nitrogen and oxygen atoms in total. The van der Waals surface area contributed by atoms with Gasteiger partial charge in [0.25, 0.3) is 0 Å². The highest BCUT2D eigenvalue weighted by Gasteiger charge is 2.21. The van der Waals surface area contributed by atoms with Crippen molar-refractivity contribution >= 4 is 5.91 Å². The molecule has 2 aromatic rings. The molecule has 2 heterocycles. The average Bonchev–Trinajstić information content (AvgIpc) is 3.12. The van der Waals surface area contributed by atoms with Crippen LogP contribution in [0.3, 0.4) is 0 Å².